The number of carboxylic acid groups (broad SMARTS) is 1. The second kappa shape index (κ2) is 12.3. The zero-order chi connectivity index (χ0) is 27.1. The standard InChI is InChI=1S/C29H35N3O5/c1-5-18(4)26-22(20-13-9-10-14-21(20)27(34)32-26)16-24(33)31-25(17(2)3)28(35)30-23(29(36)37)15-19-11-7-6-8-12-19/h6-14,16-18,23,25-26H,5,15H2,1-4H3,(H,30,35)(H,31,33)(H,32,34)(H,36,37)/b22-16-/t18?,23-,25?,26?/m0/s1. The predicted molar refractivity (Wildman–Crippen MR) is 142 cm³/mol. The van der Waals surface area contributed by atoms with Crippen LogP contribution in [0.1, 0.15) is 55.6 Å². The molecule has 0 aliphatic carbocycles. The minimum atomic E-state index is -1.15. The Morgan fingerprint density at radius 1 is 0.973 bits per heavy atom. The maximum atomic E-state index is 13.2. The fourth-order valence-electron chi connectivity index (χ4n) is 4.43. The van der Waals surface area contributed by atoms with Crippen molar-refractivity contribution in [2.75, 3.05) is 0 Å². The van der Waals surface area contributed by atoms with E-state index in [0.29, 0.717) is 16.7 Å². The van der Waals surface area contributed by atoms with E-state index in [9.17, 15) is 24.3 Å². The van der Waals surface area contributed by atoms with E-state index >= 15 is 0 Å². The Hall–Kier alpha value is -3.94. The molecule has 196 valence electrons. The summed E-state index contributed by atoms with van der Waals surface area (Å²) in [4.78, 5) is 50.8. The molecular weight excluding hydrogens is 470 g/mol. The van der Waals surface area contributed by atoms with Crippen LogP contribution in [0.3, 0.4) is 0 Å². The van der Waals surface area contributed by atoms with Gasteiger partial charge < -0.3 is 21.1 Å². The molecule has 0 aromatic heterocycles. The van der Waals surface area contributed by atoms with Gasteiger partial charge in [0.25, 0.3) is 5.91 Å². The number of hydrogen-bond donors (Lipinski definition) is 4. The van der Waals surface area contributed by atoms with Crippen molar-refractivity contribution < 1.29 is 24.3 Å². The number of nitrogens with one attached hydrogen (secondary N) is 3. The largest absolute Gasteiger partial charge is 0.480 e. The van der Waals surface area contributed by atoms with Gasteiger partial charge in [-0.05, 0) is 34.6 Å². The van der Waals surface area contributed by atoms with Gasteiger partial charge in [-0.1, -0.05) is 82.6 Å². The molecule has 1 aliphatic heterocycles. The third kappa shape index (κ3) is 6.84. The van der Waals surface area contributed by atoms with Crippen LogP contribution < -0.4 is 16.0 Å². The summed E-state index contributed by atoms with van der Waals surface area (Å²) in [5, 5.41) is 18.0. The van der Waals surface area contributed by atoms with Crippen LogP contribution in [0.25, 0.3) is 5.57 Å². The van der Waals surface area contributed by atoms with Crippen molar-refractivity contribution in [3.05, 3.63) is 77.4 Å². The number of amides is 3. The fourth-order valence-corrected chi connectivity index (χ4v) is 4.43. The van der Waals surface area contributed by atoms with Crippen LogP contribution in [0.4, 0.5) is 0 Å². The van der Waals surface area contributed by atoms with E-state index in [1.165, 1.54) is 6.08 Å². The highest BCUT2D eigenvalue weighted by Crippen LogP contribution is 2.31. The summed E-state index contributed by atoms with van der Waals surface area (Å²) in [5.74, 6) is -2.61. The lowest BCUT2D eigenvalue weighted by Crippen LogP contribution is -2.54. The molecule has 0 bridgehead atoms. The number of carboxylic acids is 1. The summed E-state index contributed by atoms with van der Waals surface area (Å²) in [6.07, 6.45) is 2.36. The highest BCUT2D eigenvalue weighted by Gasteiger charge is 2.33. The quantitative estimate of drug-likeness (QED) is 0.369. The van der Waals surface area contributed by atoms with Gasteiger partial charge in [0, 0.05) is 18.1 Å². The van der Waals surface area contributed by atoms with Gasteiger partial charge >= 0.3 is 5.97 Å². The molecule has 1 aliphatic rings. The van der Waals surface area contributed by atoms with Gasteiger partial charge in [0.15, 0.2) is 0 Å². The molecule has 0 radical (unpaired) electrons. The minimum Gasteiger partial charge on any atom is -0.480 e. The maximum absolute atomic E-state index is 13.2. The number of benzene rings is 2. The van der Waals surface area contributed by atoms with Crippen molar-refractivity contribution in [2.45, 2.75) is 58.7 Å². The zero-order valence-electron chi connectivity index (χ0n) is 21.7. The SMILES string of the molecule is CCC(C)C1NC(=O)c2ccccc2/C1=C/C(=O)NC(C(=O)N[C@@H](Cc1ccccc1)C(=O)O)C(C)C. The number of hydrogen-bond acceptors (Lipinski definition) is 4. The molecule has 2 aromatic carbocycles. The molecule has 1 heterocycles. The molecule has 8 heteroatoms. The van der Waals surface area contributed by atoms with Gasteiger partial charge in [-0.15, -0.1) is 0 Å². The predicted octanol–water partition coefficient (Wildman–Crippen LogP) is 3.18. The topological polar surface area (TPSA) is 125 Å². The highest BCUT2D eigenvalue weighted by molar-refractivity contribution is 6.07. The Morgan fingerprint density at radius 2 is 1.59 bits per heavy atom. The molecule has 37 heavy (non-hydrogen) atoms. The summed E-state index contributed by atoms with van der Waals surface area (Å²) in [6, 6.07) is 13.7. The van der Waals surface area contributed by atoms with Gasteiger partial charge in [0.05, 0.1) is 6.04 Å². The second-order valence-corrected chi connectivity index (χ2v) is 9.80. The molecular formula is C29H35N3O5. The van der Waals surface area contributed by atoms with Crippen molar-refractivity contribution in [3.63, 3.8) is 0 Å². The first-order valence-corrected chi connectivity index (χ1v) is 12.6. The molecule has 0 saturated heterocycles. The molecule has 2 aromatic rings. The van der Waals surface area contributed by atoms with Crippen molar-refractivity contribution in [3.8, 4) is 0 Å². The normalized spacial score (nSPS) is 18.4. The number of carbonyl (C=O) groups excluding carboxylic acids is 3. The van der Waals surface area contributed by atoms with Crippen LogP contribution in [0.15, 0.2) is 60.7 Å². The average molecular weight is 506 g/mol. The van der Waals surface area contributed by atoms with Gasteiger partial charge in [-0.25, -0.2) is 4.79 Å². The van der Waals surface area contributed by atoms with Crippen molar-refractivity contribution in [1.82, 2.24) is 16.0 Å². The maximum Gasteiger partial charge on any atom is 0.326 e. The Morgan fingerprint density at radius 3 is 2.19 bits per heavy atom. The Labute approximate surface area is 217 Å². The number of fused-ring (bicyclic) bond motifs is 1. The van der Waals surface area contributed by atoms with Gasteiger partial charge in [-0.3, -0.25) is 14.4 Å². The van der Waals surface area contributed by atoms with Crippen LogP contribution >= 0.6 is 0 Å². The van der Waals surface area contributed by atoms with E-state index in [1.807, 2.05) is 32.0 Å². The first-order chi connectivity index (χ1) is 17.6. The van der Waals surface area contributed by atoms with Crippen molar-refractivity contribution >= 4 is 29.3 Å². The number of rotatable bonds is 10. The van der Waals surface area contributed by atoms with Crippen molar-refractivity contribution in [1.29, 1.82) is 0 Å². The molecule has 8 nitrogen and oxygen atoms in total. The van der Waals surface area contributed by atoms with Crippen LogP contribution in [-0.4, -0.2) is 46.9 Å². The molecule has 4 atom stereocenters. The monoisotopic (exact) mass is 505 g/mol. The summed E-state index contributed by atoms with van der Waals surface area (Å²) in [5.41, 5.74) is 2.63. The zero-order valence-corrected chi connectivity index (χ0v) is 21.7. The van der Waals surface area contributed by atoms with Gasteiger partial charge in [-0.2, -0.15) is 0 Å². The lowest BCUT2D eigenvalue weighted by Gasteiger charge is -2.32. The summed E-state index contributed by atoms with van der Waals surface area (Å²) in [6.45, 7) is 7.59. The molecule has 4 N–H and O–H groups in total. The summed E-state index contributed by atoms with van der Waals surface area (Å²) in [7, 11) is 0. The van der Waals surface area contributed by atoms with Crippen molar-refractivity contribution in [2.24, 2.45) is 11.8 Å². The molecule has 3 unspecified atom stereocenters. The van der Waals surface area contributed by atoms with Crippen LogP contribution in [0, 0.1) is 11.8 Å². The number of carbonyl (C=O) groups is 4. The third-order valence-corrected chi connectivity index (χ3v) is 6.75. The van der Waals surface area contributed by atoms with E-state index in [2.05, 4.69) is 16.0 Å². The Bertz CT molecular complexity index is 1180. The minimum absolute atomic E-state index is 0.0786. The molecule has 0 fully saturated rings. The van der Waals surface area contributed by atoms with Gasteiger partial charge in [0.2, 0.25) is 11.8 Å². The molecule has 0 spiro atoms. The summed E-state index contributed by atoms with van der Waals surface area (Å²) < 4.78 is 0. The Kier molecular flexibility index (Phi) is 9.22. The third-order valence-electron chi connectivity index (χ3n) is 6.75. The smallest absolute Gasteiger partial charge is 0.326 e. The molecule has 0 saturated carbocycles. The average Bonchev–Trinajstić information content (AvgIpc) is 2.88. The van der Waals surface area contributed by atoms with E-state index in [0.717, 1.165) is 12.0 Å². The van der Waals surface area contributed by atoms with Crippen LogP contribution in [0.2, 0.25) is 0 Å². The Balaban J connectivity index is 1.82. The van der Waals surface area contributed by atoms with E-state index < -0.39 is 29.9 Å². The van der Waals surface area contributed by atoms with E-state index in [1.54, 1.807) is 50.2 Å². The second-order valence-electron chi connectivity index (χ2n) is 9.80. The number of aliphatic carboxylic acids is 1. The van der Waals surface area contributed by atoms with Crippen LogP contribution in [0.5, 0.6) is 0 Å². The van der Waals surface area contributed by atoms with Crippen LogP contribution in [-0.2, 0) is 20.8 Å². The van der Waals surface area contributed by atoms with Gasteiger partial charge in [0.1, 0.15) is 12.1 Å². The fraction of sp³-hybridized carbons (Fsp3) is 0.379. The van der Waals surface area contributed by atoms with E-state index in [-0.39, 0.29) is 30.2 Å². The first kappa shape index (κ1) is 27.6. The lowest BCUT2D eigenvalue weighted by molar-refractivity contribution is -0.142. The molecule has 3 rings (SSSR count). The molecule has 3 amide bonds. The lowest BCUT2D eigenvalue weighted by atomic mass is 9.82. The summed E-state index contributed by atoms with van der Waals surface area (Å²) >= 11 is 0. The highest BCUT2D eigenvalue weighted by atomic mass is 16.4. The van der Waals surface area contributed by atoms with E-state index in [4.69, 9.17) is 0 Å². The first-order valence-electron chi connectivity index (χ1n) is 12.6.